The molecule has 1 heterocycles. The van der Waals surface area contributed by atoms with Gasteiger partial charge in [-0.05, 0) is 13.0 Å². The molecule has 3 nitrogen and oxygen atoms in total. The maximum atomic E-state index is 4.75. The Bertz CT molecular complexity index is 184. The number of hydrogen-bond acceptors (Lipinski definition) is 3. The molecule has 0 aliphatic carbocycles. The van der Waals surface area contributed by atoms with Crippen LogP contribution in [0.15, 0.2) is 16.9 Å². The maximum absolute atomic E-state index is 4.75. The van der Waals surface area contributed by atoms with E-state index in [0.717, 1.165) is 18.7 Å². The zero-order valence-corrected chi connectivity index (χ0v) is 7.00. The average molecular weight is 154 g/mol. The van der Waals surface area contributed by atoms with Crippen molar-refractivity contribution in [2.45, 2.75) is 26.3 Å². The van der Waals surface area contributed by atoms with Crippen LogP contribution in [0.25, 0.3) is 0 Å². The van der Waals surface area contributed by atoms with Gasteiger partial charge in [0.2, 0.25) is 0 Å². The van der Waals surface area contributed by atoms with E-state index in [1.807, 2.05) is 6.07 Å². The van der Waals surface area contributed by atoms with Crippen LogP contribution < -0.4 is 5.32 Å². The Morgan fingerprint density at radius 3 is 2.91 bits per heavy atom. The summed E-state index contributed by atoms with van der Waals surface area (Å²) in [6.07, 6.45) is 2.65. The lowest BCUT2D eigenvalue weighted by molar-refractivity contribution is 0.394. The Kier molecular flexibility index (Phi) is 3.11. The molecule has 1 N–H and O–H groups in total. The highest BCUT2D eigenvalue weighted by Gasteiger charge is 2.09. The number of nitrogens with one attached hydrogen (secondary N) is 1. The van der Waals surface area contributed by atoms with Crippen LogP contribution in [0.4, 0.5) is 0 Å². The molecule has 0 fully saturated rings. The van der Waals surface area contributed by atoms with Crippen LogP contribution in [0, 0.1) is 0 Å². The van der Waals surface area contributed by atoms with Gasteiger partial charge in [0, 0.05) is 6.07 Å². The molecule has 0 saturated carbocycles. The van der Waals surface area contributed by atoms with Crippen LogP contribution in [0.5, 0.6) is 0 Å². The molecular formula is C8H14N2O. The molecule has 0 aromatic carbocycles. The minimum absolute atomic E-state index is 0.346. The SMILES string of the molecule is CCNC(CC)c1ccon1. The summed E-state index contributed by atoms with van der Waals surface area (Å²) in [5, 5.41) is 7.18. The highest BCUT2D eigenvalue weighted by Crippen LogP contribution is 2.12. The molecule has 0 spiro atoms. The third-order valence-corrected chi connectivity index (χ3v) is 1.67. The van der Waals surface area contributed by atoms with Gasteiger partial charge in [0.15, 0.2) is 0 Å². The lowest BCUT2D eigenvalue weighted by atomic mass is 10.1. The van der Waals surface area contributed by atoms with E-state index in [2.05, 4.69) is 24.3 Å². The van der Waals surface area contributed by atoms with Crippen molar-refractivity contribution in [2.75, 3.05) is 6.54 Å². The van der Waals surface area contributed by atoms with Crippen LogP contribution in [0.3, 0.4) is 0 Å². The highest BCUT2D eigenvalue weighted by molar-refractivity contribution is 5.02. The number of rotatable bonds is 4. The molecule has 0 saturated heterocycles. The van der Waals surface area contributed by atoms with Crippen LogP contribution >= 0.6 is 0 Å². The van der Waals surface area contributed by atoms with E-state index in [0.29, 0.717) is 6.04 Å². The molecule has 0 bridgehead atoms. The zero-order valence-electron chi connectivity index (χ0n) is 7.00. The van der Waals surface area contributed by atoms with Crippen molar-refractivity contribution in [1.29, 1.82) is 0 Å². The van der Waals surface area contributed by atoms with Gasteiger partial charge in [-0.25, -0.2) is 0 Å². The highest BCUT2D eigenvalue weighted by atomic mass is 16.5. The average Bonchev–Trinajstić information content (AvgIpc) is 2.52. The van der Waals surface area contributed by atoms with Gasteiger partial charge < -0.3 is 9.84 Å². The second-order valence-corrected chi connectivity index (χ2v) is 2.44. The lowest BCUT2D eigenvalue weighted by Crippen LogP contribution is -2.20. The van der Waals surface area contributed by atoms with Gasteiger partial charge in [0.1, 0.15) is 12.0 Å². The van der Waals surface area contributed by atoms with Crippen molar-refractivity contribution < 1.29 is 4.52 Å². The molecular weight excluding hydrogens is 140 g/mol. The summed E-state index contributed by atoms with van der Waals surface area (Å²) in [6, 6.07) is 2.25. The summed E-state index contributed by atoms with van der Waals surface area (Å²) < 4.78 is 4.75. The minimum atomic E-state index is 0.346. The summed E-state index contributed by atoms with van der Waals surface area (Å²) in [7, 11) is 0. The van der Waals surface area contributed by atoms with E-state index in [1.54, 1.807) is 6.26 Å². The Labute approximate surface area is 66.8 Å². The van der Waals surface area contributed by atoms with Crippen molar-refractivity contribution in [1.82, 2.24) is 10.5 Å². The van der Waals surface area contributed by atoms with E-state index in [9.17, 15) is 0 Å². The van der Waals surface area contributed by atoms with Crippen LogP contribution in [0.1, 0.15) is 32.0 Å². The predicted molar refractivity (Wildman–Crippen MR) is 43.2 cm³/mol. The fraction of sp³-hybridized carbons (Fsp3) is 0.625. The van der Waals surface area contributed by atoms with Gasteiger partial charge in [-0.15, -0.1) is 0 Å². The Hall–Kier alpha value is -0.830. The summed E-state index contributed by atoms with van der Waals surface area (Å²) in [4.78, 5) is 0. The fourth-order valence-corrected chi connectivity index (χ4v) is 1.11. The third kappa shape index (κ3) is 2.05. The van der Waals surface area contributed by atoms with Gasteiger partial charge >= 0.3 is 0 Å². The first-order valence-electron chi connectivity index (χ1n) is 4.02. The van der Waals surface area contributed by atoms with Crippen LogP contribution in [0.2, 0.25) is 0 Å². The first-order valence-corrected chi connectivity index (χ1v) is 4.02. The Balaban J connectivity index is 2.56. The van der Waals surface area contributed by atoms with Crippen molar-refractivity contribution >= 4 is 0 Å². The van der Waals surface area contributed by atoms with Gasteiger partial charge in [-0.1, -0.05) is 19.0 Å². The van der Waals surface area contributed by atoms with Crippen LogP contribution in [-0.4, -0.2) is 11.7 Å². The van der Waals surface area contributed by atoms with E-state index >= 15 is 0 Å². The summed E-state index contributed by atoms with van der Waals surface area (Å²) in [5.74, 6) is 0. The zero-order chi connectivity index (χ0) is 8.10. The predicted octanol–water partition coefficient (Wildman–Crippen LogP) is 1.74. The number of hydrogen-bond donors (Lipinski definition) is 1. The molecule has 1 rings (SSSR count). The van der Waals surface area contributed by atoms with Gasteiger partial charge in [-0.2, -0.15) is 0 Å². The van der Waals surface area contributed by atoms with E-state index in [4.69, 9.17) is 4.52 Å². The van der Waals surface area contributed by atoms with Crippen LogP contribution in [-0.2, 0) is 0 Å². The number of nitrogens with zero attached hydrogens (tertiary/aromatic N) is 1. The van der Waals surface area contributed by atoms with Crippen molar-refractivity contribution in [3.63, 3.8) is 0 Å². The van der Waals surface area contributed by atoms with Crippen molar-refractivity contribution in [2.24, 2.45) is 0 Å². The first kappa shape index (κ1) is 8.27. The third-order valence-electron chi connectivity index (χ3n) is 1.67. The minimum Gasteiger partial charge on any atom is -0.364 e. The van der Waals surface area contributed by atoms with E-state index in [1.165, 1.54) is 0 Å². The molecule has 1 aromatic heterocycles. The largest absolute Gasteiger partial charge is 0.364 e. The molecule has 0 amide bonds. The molecule has 62 valence electrons. The smallest absolute Gasteiger partial charge is 0.124 e. The topological polar surface area (TPSA) is 38.1 Å². The monoisotopic (exact) mass is 154 g/mol. The summed E-state index contributed by atoms with van der Waals surface area (Å²) in [5.41, 5.74) is 0.995. The van der Waals surface area contributed by atoms with E-state index in [-0.39, 0.29) is 0 Å². The Morgan fingerprint density at radius 2 is 2.45 bits per heavy atom. The van der Waals surface area contributed by atoms with Gasteiger partial charge in [0.05, 0.1) is 6.04 Å². The maximum Gasteiger partial charge on any atom is 0.124 e. The molecule has 1 unspecified atom stereocenters. The van der Waals surface area contributed by atoms with Crippen molar-refractivity contribution in [3.8, 4) is 0 Å². The second kappa shape index (κ2) is 4.13. The van der Waals surface area contributed by atoms with E-state index < -0.39 is 0 Å². The molecule has 0 radical (unpaired) electrons. The standard InChI is InChI=1S/C8H14N2O/c1-3-7(9-4-2)8-5-6-11-10-8/h5-7,9H,3-4H2,1-2H3. The molecule has 0 aliphatic heterocycles. The molecule has 1 aromatic rings. The Morgan fingerprint density at radius 1 is 1.64 bits per heavy atom. The van der Waals surface area contributed by atoms with Gasteiger partial charge in [-0.3, -0.25) is 0 Å². The first-order chi connectivity index (χ1) is 5.38. The fourth-order valence-electron chi connectivity index (χ4n) is 1.11. The molecule has 3 heteroatoms. The molecule has 0 aliphatic rings. The number of aromatic nitrogens is 1. The normalized spacial score (nSPS) is 13.3. The quantitative estimate of drug-likeness (QED) is 0.717. The second-order valence-electron chi connectivity index (χ2n) is 2.44. The van der Waals surface area contributed by atoms with Crippen molar-refractivity contribution in [3.05, 3.63) is 18.0 Å². The molecule has 11 heavy (non-hydrogen) atoms. The lowest BCUT2D eigenvalue weighted by Gasteiger charge is -2.11. The summed E-state index contributed by atoms with van der Waals surface area (Å²) in [6.45, 7) is 5.18. The van der Waals surface area contributed by atoms with Gasteiger partial charge in [0.25, 0.3) is 0 Å². The molecule has 1 atom stereocenters. The summed E-state index contributed by atoms with van der Waals surface area (Å²) >= 11 is 0.